The molecule has 2 saturated carbocycles. The first-order valence-corrected chi connectivity index (χ1v) is 11.8. The van der Waals surface area contributed by atoms with Gasteiger partial charge in [0.05, 0.1) is 59.6 Å². The minimum Gasteiger partial charge on any atom is -0.377 e. The number of ether oxygens (including phenoxy) is 1. The average Bonchev–Trinajstić information content (AvgIpc) is 3.30. The van der Waals surface area contributed by atoms with Gasteiger partial charge in [-0.2, -0.15) is 10.2 Å². The molecule has 4 heterocycles. The number of benzene rings is 1. The molecule has 0 N–H and O–H groups in total. The molecule has 2 aromatic heterocycles. The number of fused-ring (bicyclic) bond motifs is 2. The second-order valence-electron chi connectivity index (χ2n) is 9.92. The summed E-state index contributed by atoms with van der Waals surface area (Å²) < 4.78 is 9.63. The molecule has 31 heavy (non-hydrogen) atoms. The molecule has 7 rings (SSSR count). The van der Waals surface area contributed by atoms with E-state index in [0.717, 1.165) is 53.6 Å². The zero-order valence-corrected chi connectivity index (χ0v) is 18.5. The van der Waals surface area contributed by atoms with Gasteiger partial charge in [0, 0.05) is 30.6 Å². The van der Waals surface area contributed by atoms with E-state index in [-0.39, 0.29) is 5.54 Å². The van der Waals surface area contributed by atoms with Gasteiger partial charge >= 0.3 is 0 Å². The van der Waals surface area contributed by atoms with Crippen LogP contribution in [0.25, 0.3) is 16.6 Å². The van der Waals surface area contributed by atoms with E-state index < -0.39 is 0 Å². The summed E-state index contributed by atoms with van der Waals surface area (Å²) in [7, 11) is 0. The number of halogens is 1. The number of rotatable bonds is 4. The Morgan fingerprint density at radius 2 is 1.87 bits per heavy atom. The Morgan fingerprint density at radius 3 is 2.58 bits per heavy atom. The third kappa shape index (κ3) is 2.73. The molecule has 2 atom stereocenters. The number of hydrogen-bond donors (Lipinski definition) is 0. The van der Waals surface area contributed by atoms with Crippen LogP contribution in [0.4, 0.5) is 5.69 Å². The first-order valence-electron chi connectivity index (χ1n) is 11.4. The van der Waals surface area contributed by atoms with E-state index >= 15 is 0 Å². The van der Waals surface area contributed by atoms with E-state index in [1.165, 1.54) is 25.7 Å². The van der Waals surface area contributed by atoms with Crippen LogP contribution in [-0.2, 0) is 4.74 Å². The van der Waals surface area contributed by atoms with Crippen molar-refractivity contribution in [3.8, 4) is 5.69 Å². The molecule has 2 aliphatic heterocycles. The van der Waals surface area contributed by atoms with E-state index in [9.17, 15) is 0 Å². The number of nitrogens with zero attached hydrogens (tertiary/aromatic N) is 6. The normalized spacial score (nSPS) is 27.7. The number of piperazine rings is 1. The lowest BCUT2D eigenvalue weighted by atomic mass is 9.78. The van der Waals surface area contributed by atoms with Gasteiger partial charge in [0.15, 0.2) is 0 Å². The van der Waals surface area contributed by atoms with Gasteiger partial charge in [-0.3, -0.25) is 9.58 Å². The van der Waals surface area contributed by atoms with Crippen LogP contribution >= 0.6 is 11.6 Å². The highest BCUT2D eigenvalue weighted by molar-refractivity contribution is 6.34. The summed E-state index contributed by atoms with van der Waals surface area (Å²) in [4.78, 5) is 5.24. The fourth-order valence-electron chi connectivity index (χ4n) is 5.71. The van der Waals surface area contributed by atoms with Gasteiger partial charge in [-0.1, -0.05) is 11.6 Å². The van der Waals surface area contributed by atoms with E-state index in [4.69, 9.17) is 16.3 Å². The topological polar surface area (TPSA) is 51.3 Å². The SMILES string of the molecule is CC1(N2CCN(c3cc4c(cnn4-c4cnn(C5CC5)c4)cc3Cl)C3CCC32)COC1. The monoisotopic (exact) mass is 438 g/mol. The summed E-state index contributed by atoms with van der Waals surface area (Å²) in [6, 6.07) is 5.99. The van der Waals surface area contributed by atoms with Crippen LogP contribution < -0.4 is 4.90 Å². The van der Waals surface area contributed by atoms with Gasteiger partial charge in [-0.15, -0.1) is 0 Å². The number of aromatic nitrogens is 4. The third-order valence-corrected chi connectivity index (χ3v) is 8.11. The molecule has 7 nitrogen and oxygen atoms in total. The number of hydrogen-bond acceptors (Lipinski definition) is 5. The van der Waals surface area contributed by atoms with Crippen molar-refractivity contribution in [1.29, 1.82) is 0 Å². The molecule has 0 radical (unpaired) electrons. The maximum Gasteiger partial charge on any atom is 0.103 e. The smallest absolute Gasteiger partial charge is 0.103 e. The highest BCUT2D eigenvalue weighted by Gasteiger charge is 2.51. The van der Waals surface area contributed by atoms with E-state index in [1.807, 2.05) is 17.1 Å². The quantitative estimate of drug-likeness (QED) is 0.622. The maximum absolute atomic E-state index is 6.82. The van der Waals surface area contributed by atoms with Crippen LogP contribution in [0.1, 0.15) is 38.6 Å². The summed E-state index contributed by atoms with van der Waals surface area (Å²) >= 11 is 6.82. The van der Waals surface area contributed by atoms with Crippen LogP contribution in [0, 0.1) is 0 Å². The van der Waals surface area contributed by atoms with Gasteiger partial charge in [0.1, 0.15) is 5.69 Å². The summed E-state index contributed by atoms with van der Waals surface area (Å²) in [5.41, 5.74) is 3.45. The molecule has 2 aliphatic carbocycles. The van der Waals surface area contributed by atoms with Gasteiger partial charge in [0.2, 0.25) is 0 Å². The Balaban J connectivity index is 1.23. The standard InChI is InChI=1S/C23H27ClN6O/c1-23(13-31-14-23)28-7-6-27(19-4-5-20(19)28)22-9-21-15(8-18(22)24)10-26-30(21)17-11-25-29(12-17)16-2-3-16/h8-12,16,19-20H,2-7,13-14H2,1H3. The molecule has 2 saturated heterocycles. The molecule has 8 heteroatoms. The lowest BCUT2D eigenvalue weighted by molar-refractivity contribution is -0.161. The first-order chi connectivity index (χ1) is 15.1. The number of anilines is 1. The van der Waals surface area contributed by atoms with E-state index in [2.05, 4.69) is 49.9 Å². The minimum atomic E-state index is 0.212. The Kier molecular flexibility index (Phi) is 3.85. The van der Waals surface area contributed by atoms with Crippen LogP contribution in [0.3, 0.4) is 0 Å². The van der Waals surface area contributed by atoms with E-state index in [1.54, 1.807) is 0 Å². The van der Waals surface area contributed by atoms with Crippen LogP contribution in [0.5, 0.6) is 0 Å². The van der Waals surface area contributed by atoms with Crippen LogP contribution in [-0.4, -0.2) is 68.4 Å². The lowest BCUT2D eigenvalue weighted by Crippen LogP contribution is -2.73. The molecule has 3 aromatic rings. The minimum absolute atomic E-state index is 0.212. The van der Waals surface area contributed by atoms with Crippen molar-refractivity contribution in [3.05, 3.63) is 35.7 Å². The second-order valence-corrected chi connectivity index (χ2v) is 10.3. The molecular formula is C23H27ClN6O. The zero-order chi connectivity index (χ0) is 20.7. The van der Waals surface area contributed by atoms with Crippen molar-refractivity contribution >= 4 is 28.2 Å². The van der Waals surface area contributed by atoms with Crippen molar-refractivity contribution in [2.24, 2.45) is 0 Å². The molecular weight excluding hydrogens is 412 g/mol. The van der Waals surface area contributed by atoms with Gasteiger partial charge in [-0.05, 0) is 44.7 Å². The predicted molar refractivity (Wildman–Crippen MR) is 120 cm³/mol. The highest BCUT2D eigenvalue weighted by Crippen LogP contribution is 2.44. The average molecular weight is 439 g/mol. The van der Waals surface area contributed by atoms with Crippen LogP contribution in [0.2, 0.25) is 5.02 Å². The summed E-state index contributed by atoms with van der Waals surface area (Å²) in [5, 5.41) is 11.1. The molecule has 1 aromatic carbocycles. The molecule has 0 amide bonds. The molecule has 4 aliphatic rings. The Labute approximate surface area is 186 Å². The van der Waals surface area contributed by atoms with Crippen molar-refractivity contribution in [1.82, 2.24) is 24.5 Å². The molecule has 0 bridgehead atoms. The Hall–Kier alpha value is -2.09. The molecule has 0 spiro atoms. The summed E-state index contributed by atoms with van der Waals surface area (Å²) in [5.74, 6) is 0. The fourth-order valence-corrected chi connectivity index (χ4v) is 5.99. The largest absolute Gasteiger partial charge is 0.377 e. The van der Waals surface area contributed by atoms with Crippen LogP contribution in [0.15, 0.2) is 30.7 Å². The van der Waals surface area contributed by atoms with E-state index in [0.29, 0.717) is 18.1 Å². The zero-order valence-electron chi connectivity index (χ0n) is 17.7. The second kappa shape index (κ2) is 6.47. The van der Waals surface area contributed by atoms with Gasteiger partial charge in [-0.25, -0.2) is 4.68 Å². The molecule has 4 fully saturated rings. The molecule has 162 valence electrons. The lowest BCUT2D eigenvalue weighted by Gasteiger charge is -2.61. The molecule has 2 unspecified atom stereocenters. The predicted octanol–water partition coefficient (Wildman–Crippen LogP) is 3.65. The van der Waals surface area contributed by atoms with Crippen molar-refractivity contribution in [2.75, 3.05) is 31.2 Å². The van der Waals surface area contributed by atoms with Crippen molar-refractivity contribution in [2.45, 2.75) is 56.3 Å². The summed E-state index contributed by atoms with van der Waals surface area (Å²) in [6.45, 7) is 6.12. The fraction of sp³-hybridized carbons (Fsp3) is 0.565. The highest BCUT2D eigenvalue weighted by atomic mass is 35.5. The van der Waals surface area contributed by atoms with Crippen molar-refractivity contribution < 1.29 is 4.74 Å². The Bertz CT molecular complexity index is 1160. The Morgan fingerprint density at radius 1 is 1.03 bits per heavy atom. The maximum atomic E-state index is 6.82. The summed E-state index contributed by atoms with van der Waals surface area (Å²) in [6.07, 6.45) is 10.9. The first kappa shape index (κ1) is 18.5. The third-order valence-electron chi connectivity index (χ3n) is 7.80. The van der Waals surface area contributed by atoms with Crippen molar-refractivity contribution in [3.63, 3.8) is 0 Å². The van der Waals surface area contributed by atoms with Gasteiger partial charge in [0.25, 0.3) is 0 Å². The van der Waals surface area contributed by atoms with Gasteiger partial charge < -0.3 is 9.64 Å².